The van der Waals surface area contributed by atoms with Crippen molar-refractivity contribution in [3.05, 3.63) is 95.7 Å². The maximum atomic E-state index is 13.7. The van der Waals surface area contributed by atoms with Crippen LogP contribution in [-0.2, 0) is 29.7 Å². The van der Waals surface area contributed by atoms with Crippen LogP contribution in [0.5, 0.6) is 11.5 Å². The fraction of sp³-hybridized carbons (Fsp3) is 0.267. The summed E-state index contributed by atoms with van der Waals surface area (Å²) in [6.45, 7) is 6.31. The third-order valence-electron chi connectivity index (χ3n) is 6.55. The molecule has 0 unspecified atom stereocenters. The van der Waals surface area contributed by atoms with Gasteiger partial charge >= 0.3 is 0 Å². The zero-order valence-corrected chi connectivity index (χ0v) is 24.8. The number of ether oxygens (including phenoxy) is 4. The molecule has 1 atom stereocenters. The zero-order valence-electron chi connectivity index (χ0n) is 24.0. The Labute approximate surface area is 249 Å². The summed E-state index contributed by atoms with van der Waals surface area (Å²) >= 11 is 0. The number of carbonyl (C=O) groups excluding carboxylic acids is 1. The molecular weight excluding hydrogens is 574 g/mol. The second-order valence-electron chi connectivity index (χ2n) is 10.5. The van der Waals surface area contributed by atoms with Crippen molar-refractivity contribution >= 4 is 27.9 Å². The number of hydrogen-bond donors (Lipinski definition) is 2. The van der Waals surface area contributed by atoms with Crippen molar-refractivity contribution in [3.63, 3.8) is 0 Å². The third-order valence-corrected chi connectivity index (χ3v) is 7.90. The molecule has 0 fully saturated rings. The largest absolute Gasteiger partial charge is 0.493 e. The first-order chi connectivity index (χ1) is 20.6. The van der Waals surface area contributed by atoms with E-state index in [1.807, 2.05) is 20.8 Å². The maximum Gasteiger partial charge on any atom is 0.293 e. The van der Waals surface area contributed by atoms with Gasteiger partial charge in [0.2, 0.25) is 11.6 Å². The number of sulfonamides is 1. The van der Waals surface area contributed by atoms with Crippen LogP contribution in [0.2, 0.25) is 0 Å². The van der Waals surface area contributed by atoms with Gasteiger partial charge in [0.05, 0.1) is 17.7 Å². The summed E-state index contributed by atoms with van der Waals surface area (Å²) in [4.78, 5) is 24.1. The molecule has 0 saturated heterocycles. The Morgan fingerprint density at radius 2 is 1.67 bits per heavy atom. The Morgan fingerprint density at radius 1 is 0.977 bits per heavy atom. The average Bonchev–Trinajstić information content (AvgIpc) is 3.70. The van der Waals surface area contributed by atoms with E-state index in [2.05, 4.69) is 20.0 Å². The topological polar surface area (TPSA) is 150 Å². The molecular formula is C30H31N5O7S. The van der Waals surface area contributed by atoms with Gasteiger partial charge in [0, 0.05) is 18.0 Å². The molecule has 12 nitrogen and oxygen atoms in total. The highest BCUT2D eigenvalue weighted by Crippen LogP contribution is 2.42. The Hall–Kier alpha value is -4.91. The van der Waals surface area contributed by atoms with Gasteiger partial charge in [-0.25, -0.2) is 23.4 Å². The van der Waals surface area contributed by atoms with Crippen LogP contribution in [0.25, 0.3) is 5.57 Å². The highest BCUT2D eigenvalue weighted by molar-refractivity contribution is 7.90. The number of para-hydroxylation sites is 2. The van der Waals surface area contributed by atoms with E-state index in [0.717, 1.165) is 5.56 Å². The van der Waals surface area contributed by atoms with Gasteiger partial charge in [0.15, 0.2) is 23.2 Å². The molecule has 1 aliphatic heterocycles. The number of amidine groups is 1. The first-order valence-corrected chi connectivity index (χ1v) is 14.8. The smallest absolute Gasteiger partial charge is 0.293 e. The van der Waals surface area contributed by atoms with Crippen molar-refractivity contribution in [2.45, 2.75) is 37.1 Å². The summed E-state index contributed by atoms with van der Waals surface area (Å²) in [7, 11) is -2.66. The number of fused-ring (bicyclic) bond motifs is 1. The number of rotatable bonds is 11. The van der Waals surface area contributed by atoms with E-state index in [9.17, 15) is 13.2 Å². The highest BCUT2D eigenvalue weighted by Gasteiger charge is 2.45. The number of aromatic nitrogens is 2. The minimum atomic E-state index is -4.15. The Morgan fingerprint density at radius 3 is 2.33 bits per heavy atom. The summed E-state index contributed by atoms with van der Waals surface area (Å²) in [5, 5.41) is 3.16. The molecule has 0 bridgehead atoms. The zero-order chi connectivity index (χ0) is 30.6. The second-order valence-corrected chi connectivity index (χ2v) is 12.2. The summed E-state index contributed by atoms with van der Waals surface area (Å²) in [5.74, 6) is 0.953. The number of carbonyl (C=O) groups is 1. The SMILES string of the molecule is COc1ccccc1OC1=C(OCCOC=O)NC2=C(c3ncccn3)[C@@H]2N=C1NS(=O)(=O)c1ccc(C(C)(C)C)cc1. The molecule has 224 valence electrons. The minimum absolute atomic E-state index is 0.0355. The van der Waals surface area contributed by atoms with Gasteiger partial charge in [-0.1, -0.05) is 45.0 Å². The number of nitrogens with one attached hydrogen (secondary N) is 2. The molecule has 2 heterocycles. The van der Waals surface area contributed by atoms with Crippen molar-refractivity contribution in [2.24, 2.45) is 4.99 Å². The van der Waals surface area contributed by atoms with Gasteiger partial charge in [-0.3, -0.25) is 9.52 Å². The van der Waals surface area contributed by atoms with E-state index in [1.54, 1.807) is 67.0 Å². The van der Waals surface area contributed by atoms with E-state index in [1.165, 1.54) is 7.11 Å². The standard InChI is InChI=1S/C30H31N5O7S/c1-30(2,3)19-10-12-20(13-11-19)43(37,38)35-28-26(42-22-9-6-5-8-21(22)39-4)29(41-17-16-40-18-36)34-25-23(24(25)33-28)27-31-14-7-15-32-27/h5-15,18,24,34H,16-17H2,1-4H3,(H,33,35)/t24-/m0/s1. The summed E-state index contributed by atoms with van der Waals surface area (Å²) in [6, 6.07) is 14.6. The highest BCUT2D eigenvalue weighted by atomic mass is 32.2. The second kappa shape index (κ2) is 12.1. The molecule has 0 spiro atoms. The first-order valence-electron chi connectivity index (χ1n) is 13.4. The molecule has 1 aliphatic carbocycles. The lowest BCUT2D eigenvalue weighted by molar-refractivity contribution is -0.129. The normalized spacial score (nSPS) is 16.3. The quantitative estimate of drug-likeness (QED) is 0.246. The third kappa shape index (κ3) is 6.61. The molecule has 1 aromatic heterocycles. The summed E-state index contributed by atoms with van der Waals surface area (Å²) in [6.07, 6.45) is 3.20. The number of hydrogen-bond acceptors (Lipinski definition) is 11. The van der Waals surface area contributed by atoms with Crippen LogP contribution in [0, 0.1) is 0 Å². The van der Waals surface area contributed by atoms with Crippen LogP contribution < -0.4 is 19.5 Å². The number of aliphatic imine (C=N–C) groups is 1. The predicted molar refractivity (Wildman–Crippen MR) is 157 cm³/mol. The molecule has 0 saturated carbocycles. The molecule has 2 aromatic carbocycles. The predicted octanol–water partition coefficient (Wildman–Crippen LogP) is 3.29. The molecule has 43 heavy (non-hydrogen) atoms. The molecule has 0 amide bonds. The van der Waals surface area contributed by atoms with Crippen LogP contribution in [-0.4, -0.2) is 57.1 Å². The summed E-state index contributed by atoms with van der Waals surface area (Å²) < 4.78 is 52.4. The van der Waals surface area contributed by atoms with Crippen molar-refractivity contribution < 1.29 is 32.2 Å². The first kappa shape index (κ1) is 29.6. The van der Waals surface area contributed by atoms with Crippen LogP contribution in [0.1, 0.15) is 32.2 Å². The van der Waals surface area contributed by atoms with Crippen molar-refractivity contribution in [1.82, 2.24) is 20.0 Å². The van der Waals surface area contributed by atoms with E-state index in [4.69, 9.17) is 23.9 Å². The molecule has 2 N–H and O–H groups in total. The Kier molecular flexibility index (Phi) is 8.35. The van der Waals surface area contributed by atoms with Crippen LogP contribution in [0.4, 0.5) is 0 Å². The molecule has 3 aromatic rings. The van der Waals surface area contributed by atoms with Gasteiger partial charge in [-0.05, 0) is 41.3 Å². The Balaban J connectivity index is 1.58. The minimum Gasteiger partial charge on any atom is -0.493 e. The lowest BCUT2D eigenvalue weighted by Crippen LogP contribution is -2.35. The van der Waals surface area contributed by atoms with E-state index in [0.29, 0.717) is 29.3 Å². The van der Waals surface area contributed by atoms with Gasteiger partial charge in [0.1, 0.15) is 19.3 Å². The van der Waals surface area contributed by atoms with E-state index >= 15 is 0 Å². The van der Waals surface area contributed by atoms with E-state index in [-0.39, 0.29) is 46.8 Å². The Bertz CT molecular complexity index is 1700. The van der Waals surface area contributed by atoms with E-state index < -0.39 is 16.1 Å². The molecule has 0 radical (unpaired) electrons. The fourth-order valence-electron chi connectivity index (χ4n) is 4.27. The van der Waals surface area contributed by atoms with Crippen LogP contribution in [0.15, 0.2) is 94.2 Å². The number of benzene rings is 2. The molecule has 13 heteroatoms. The van der Waals surface area contributed by atoms with Crippen molar-refractivity contribution in [2.75, 3.05) is 20.3 Å². The van der Waals surface area contributed by atoms with Gasteiger partial charge < -0.3 is 24.3 Å². The number of methoxy groups -OCH3 is 1. The van der Waals surface area contributed by atoms with Crippen molar-refractivity contribution in [1.29, 1.82) is 0 Å². The number of nitrogens with zero attached hydrogens (tertiary/aromatic N) is 3. The fourth-order valence-corrected chi connectivity index (χ4v) is 5.28. The van der Waals surface area contributed by atoms with Crippen LogP contribution >= 0.6 is 0 Å². The van der Waals surface area contributed by atoms with Gasteiger partial charge in [0.25, 0.3) is 16.5 Å². The van der Waals surface area contributed by atoms with Gasteiger partial charge in [-0.15, -0.1) is 0 Å². The lowest BCUT2D eigenvalue weighted by Gasteiger charge is -2.20. The maximum absolute atomic E-state index is 13.7. The monoisotopic (exact) mass is 605 g/mol. The average molecular weight is 606 g/mol. The summed E-state index contributed by atoms with van der Waals surface area (Å²) in [5.41, 5.74) is 2.08. The molecule has 2 aliphatic rings. The van der Waals surface area contributed by atoms with Crippen LogP contribution in [0.3, 0.4) is 0 Å². The lowest BCUT2D eigenvalue weighted by atomic mass is 9.87. The van der Waals surface area contributed by atoms with Gasteiger partial charge in [-0.2, -0.15) is 0 Å². The molecule has 5 rings (SSSR count). The van der Waals surface area contributed by atoms with Crippen molar-refractivity contribution in [3.8, 4) is 11.5 Å².